The number of nitrogens with two attached hydrogens (primary N) is 1. The second-order valence-corrected chi connectivity index (χ2v) is 5.81. The Morgan fingerprint density at radius 1 is 1.20 bits per heavy atom. The Balaban J connectivity index is 2.23. The summed E-state index contributed by atoms with van der Waals surface area (Å²) in [5.74, 6) is 0.381. The molecule has 20 heavy (non-hydrogen) atoms. The molecule has 0 unspecified atom stereocenters. The first kappa shape index (κ1) is 14.9. The monoisotopic (exact) mass is 398 g/mol. The van der Waals surface area contributed by atoms with Gasteiger partial charge in [0, 0.05) is 21.9 Å². The highest BCUT2D eigenvalue weighted by molar-refractivity contribution is 9.10. The van der Waals surface area contributed by atoms with Crippen LogP contribution in [0.25, 0.3) is 0 Å². The van der Waals surface area contributed by atoms with Crippen LogP contribution in [-0.4, -0.2) is 13.0 Å². The summed E-state index contributed by atoms with van der Waals surface area (Å²) in [6.45, 7) is 0. The third kappa shape index (κ3) is 3.32. The number of benzene rings is 2. The Hall–Kier alpha value is -1.53. The summed E-state index contributed by atoms with van der Waals surface area (Å²) in [6, 6.07) is 10.4. The van der Waals surface area contributed by atoms with Crippen LogP contribution in [0.3, 0.4) is 0 Å². The fourth-order valence-corrected chi connectivity index (χ4v) is 2.46. The van der Waals surface area contributed by atoms with Crippen LogP contribution in [0.2, 0.25) is 0 Å². The minimum Gasteiger partial charge on any atom is -0.495 e. The van der Waals surface area contributed by atoms with E-state index in [9.17, 15) is 4.79 Å². The molecule has 0 spiro atoms. The molecule has 0 saturated heterocycles. The van der Waals surface area contributed by atoms with Crippen LogP contribution in [-0.2, 0) is 0 Å². The molecule has 0 saturated carbocycles. The average Bonchev–Trinajstić information content (AvgIpc) is 2.40. The van der Waals surface area contributed by atoms with Crippen LogP contribution >= 0.6 is 31.9 Å². The largest absolute Gasteiger partial charge is 0.495 e. The van der Waals surface area contributed by atoms with Gasteiger partial charge < -0.3 is 15.8 Å². The molecule has 0 atom stereocenters. The Kier molecular flexibility index (Phi) is 4.67. The number of nitrogens with one attached hydrogen (secondary N) is 1. The normalized spacial score (nSPS) is 10.2. The highest BCUT2D eigenvalue weighted by atomic mass is 79.9. The van der Waals surface area contributed by atoms with Gasteiger partial charge in [-0.1, -0.05) is 15.9 Å². The number of nitrogen functional groups attached to an aromatic ring is 1. The predicted molar refractivity (Wildman–Crippen MR) is 87.2 cm³/mol. The van der Waals surface area contributed by atoms with E-state index >= 15 is 0 Å². The second-order valence-electron chi connectivity index (χ2n) is 4.04. The van der Waals surface area contributed by atoms with Gasteiger partial charge in [-0.15, -0.1) is 0 Å². The summed E-state index contributed by atoms with van der Waals surface area (Å²) < 4.78 is 6.83. The fraction of sp³-hybridized carbons (Fsp3) is 0.0714. The number of amides is 1. The van der Waals surface area contributed by atoms with Crippen molar-refractivity contribution in [2.75, 3.05) is 18.2 Å². The molecule has 6 heteroatoms. The van der Waals surface area contributed by atoms with Gasteiger partial charge in [0.2, 0.25) is 0 Å². The third-order valence-electron chi connectivity index (χ3n) is 2.67. The number of ether oxygens (including phenoxy) is 1. The number of carbonyl (C=O) groups excluding carboxylic acids is 1. The second kappa shape index (κ2) is 6.28. The standard InChI is InChI=1S/C14H12Br2N2O2/c1-20-13-7-9(3-5-11(13)16)18-14(19)10-4-2-8(15)6-12(10)17/h2-7H,17H2,1H3,(H,18,19). The number of rotatable bonds is 3. The van der Waals surface area contributed by atoms with Crippen molar-refractivity contribution in [3.8, 4) is 5.75 Å². The van der Waals surface area contributed by atoms with Crippen molar-refractivity contribution in [1.82, 2.24) is 0 Å². The summed E-state index contributed by atoms with van der Waals surface area (Å²) in [6.07, 6.45) is 0. The van der Waals surface area contributed by atoms with E-state index in [1.54, 1.807) is 43.5 Å². The van der Waals surface area contributed by atoms with E-state index in [4.69, 9.17) is 10.5 Å². The topological polar surface area (TPSA) is 64.3 Å². The molecule has 104 valence electrons. The van der Waals surface area contributed by atoms with Crippen molar-refractivity contribution < 1.29 is 9.53 Å². The minimum atomic E-state index is -0.264. The summed E-state index contributed by atoms with van der Waals surface area (Å²) >= 11 is 6.66. The first-order chi connectivity index (χ1) is 9.51. The molecule has 0 aliphatic heterocycles. The number of halogens is 2. The highest BCUT2D eigenvalue weighted by Crippen LogP contribution is 2.28. The maximum atomic E-state index is 12.2. The van der Waals surface area contributed by atoms with E-state index in [-0.39, 0.29) is 5.91 Å². The van der Waals surface area contributed by atoms with Crippen molar-refractivity contribution in [3.63, 3.8) is 0 Å². The molecule has 0 fully saturated rings. The van der Waals surface area contributed by atoms with Crippen LogP contribution in [0.5, 0.6) is 5.75 Å². The molecule has 4 nitrogen and oxygen atoms in total. The van der Waals surface area contributed by atoms with Gasteiger partial charge in [-0.05, 0) is 46.3 Å². The zero-order valence-electron chi connectivity index (χ0n) is 10.6. The Morgan fingerprint density at radius 2 is 1.95 bits per heavy atom. The maximum absolute atomic E-state index is 12.2. The molecule has 0 aliphatic rings. The van der Waals surface area contributed by atoms with Gasteiger partial charge in [-0.25, -0.2) is 0 Å². The lowest BCUT2D eigenvalue weighted by atomic mass is 10.1. The van der Waals surface area contributed by atoms with Crippen LogP contribution in [0.15, 0.2) is 45.3 Å². The summed E-state index contributed by atoms with van der Waals surface area (Å²) in [5, 5.41) is 2.79. The van der Waals surface area contributed by atoms with Crippen LogP contribution < -0.4 is 15.8 Å². The molecule has 0 heterocycles. The van der Waals surface area contributed by atoms with Crippen molar-refractivity contribution in [1.29, 1.82) is 0 Å². The SMILES string of the molecule is COc1cc(NC(=O)c2ccc(Br)cc2N)ccc1Br. The van der Waals surface area contributed by atoms with E-state index in [1.807, 2.05) is 0 Å². The van der Waals surface area contributed by atoms with Gasteiger partial charge in [-0.3, -0.25) is 4.79 Å². The Bertz CT molecular complexity index is 660. The van der Waals surface area contributed by atoms with Crippen molar-refractivity contribution in [3.05, 3.63) is 50.9 Å². The van der Waals surface area contributed by atoms with Crippen molar-refractivity contribution in [2.24, 2.45) is 0 Å². The lowest BCUT2D eigenvalue weighted by Crippen LogP contribution is -2.14. The van der Waals surface area contributed by atoms with Gasteiger partial charge in [-0.2, -0.15) is 0 Å². The number of hydrogen-bond acceptors (Lipinski definition) is 3. The Morgan fingerprint density at radius 3 is 2.60 bits per heavy atom. The third-order valence-corrected chi connectivity index (χ3v) is 3.82. The quantitative estimate of drug-likeness (QED) is 0.765. The van der Waals surface area contributed by atoms with Crippen molar-refractivity contribution in [2.45, 2.75) is 0 Å². The van der Waals surface area contributed by atoms with Gasteiger partial charge in [0.25, 0.3) is 5.91 Å². The molecule has 0 aliphatic carbocycles. The molecule has 1 amide bonds. The summed E-state index contributed by atoms with van der Waals surface area (Å²) in [4.78, 5) is 12.2. The van der Waals surface area contributed by atoms with Crippen LogP contribution in [0.4, 0.5) is 11.4 Å². The first-order valence-electron chi connectivity index (χ1n) is 5.71. The Labute approximate surface area is 133 Å². The van der Waals surface area contributed by atoms with E-state index in [0.717, 1.165) is 8.95 Å². The van der Waals surface area contributed by atoms with Crippen molar-refractivity contribution >= 4 is 49.1 Å². The first-order valence-corrected chi connectivity index (χ1v) is 7.30. The highest BCUT2D eigenvalue weighted by Gasteiger charge is 2.11. The predicted octanol–water partition coefficient (Wildman–Crippen LogP) is 4.05. The molecular weight excluding hydrogens is 388 g/mol. The molecular formula is C14H12Br2N2O2. The van der Waals surface area contributed by atoms with E-state index in [2.05, 4.69) is 37.2 Å². The van der Waals surface area contributed by atoms with Gasteiger partial charge in [0.05, 0.1) is 17.1 Å². The van der Waals surface area contributed by atoms with E-state index in [1.165, 1.54) is 0 Å². The number of carbonyl (C=O) groups is 1. The fourth-order valence-electron chi connectivity index (χ4n) is 1.68. The van der Waals surface area contributed by atoms with Gasteiger partial charge in [0.15, 0.2) is 0 Å². The van der Waals surface area contributed by atoms with Crippen LogP contribution in [0.1, 0.15) is 10.4 Å². The van der Waals surface area contributed by atoms with Crippen LogP contribution in [0, 0.1) is 0 Å². The molecule has 2 aromatic rings. The van der Waals surface area contributed by atoms with Gasteiger partial charge >= 0.3 is 0 Å². The molecule has 2 aromatic carbocycles. The zero-order valence-corrected chi connectivity index (χ0v) is 13.8. The maximum Gasteiger partial charge on any atom is 0.257 e. The number of methoxy groups -OCH3 is 1. The lowest BCUT2D eigenvalue weighted by molar-refractivity contribution is 0.102. The minimum absolute atomic E-state index is 0.264. The average molecular weight is 400 g/mol. The number of hydrogen-bond donors (Lipinski definition) is 2. The molecule has 2 rings (SSSR count). The molecule has 0 bridgehead atoms. The van der Waals surface area contributed by atoms with E-state index < -0.39 is 0 Å². The number of anilines is 2. The zero-order chi connectivity index (χ0) is 14.7. The molecule has 0 radical (unpaired) electrons. The molecule has 0 aromatic heterocycles. The summed E-state index contributed by atoms with van der Waals surface area (Å²) in [5.41, 5.74) is 7.31. The lowest BCUT2D eigenvalue weighted by Gasteiger charge is -2.10. The smallest absolute Gasteiger partial charge is 0.257 e. The summed E-state index contributed by atoms with van der Waals surface area (Å²) in [7, 11) is 1.57. The van der Waals surface area contributed by atoms with Gasteiger partial charge in [0.1, 0.15) is 5.75 Å². The molecule has 3 N–H and O–H groups in total. The van der Waals surface area contributed by atoms with E-state index in [0.29, 0.717) is 22.7 Å².